The number of hydrogen-bond donors (Lipinski definition) is 2. The summed E-state index contributed by atoms with van der Waals surface area (Å²) in [7, 11) is 0. The van der Waals surface area contributed by atoms with E-state index in [1.54, 1.807) is 24.4 Å². The van der Waals surface area contributed by atoms with E-state index >= 15 is 0 Å². The largest absolute Gasteiger partial charge is 0.399 e. The van der Waals surface area contributed by atoms with E-state index in [0.717, 1.165) is 9.26 Å². The van der Waals surface area contributed by atoms with E-state index in [1.165, 1.54) is 12.1 Å². The Kier molecular flexibility index (Phi) is 3.23. The number of nitrogen functional groups attached to an aromatic ring is 1. The van der Waals surface area contributed by atoms with Gasteiger partial charge in [-0.15, -0.1) is 0 Å². The summed E-state index contributed by atoms with van der Waals surface area (Å²) in [6.07, 6.45) is 1.62. The van der Waals surface area contributed by atoms with Gasteiger partial charge in [0.2, 0.25) is 0 Å². The molecule has 16 heavy (non-hydrogen) atoms. The standard InChI is InChI=1S/C11H9FIN3/c12-7-1-2-10(9(13)5-7)16-11-6-8(14)3-4-15-11/h1-6H,(H3,14,15,16). The maximum absolute atomic E-state index is 12.9. The Balaban J connectivity index is 2.27. The molecule has 0 aliphatic rings. The van der Waals surface area contributed by atoms with Crippen LogP contribution in [0.25, 0.3) is 0 Å². The van der Waals surface area contributed by atoms with Gasteiger partial charge in [-0.3, -0.25) is 0 Å². The third-order valence-corrected chi connectivity index (χ3v) is 2.87. The molecule has 3 N–H and O–H groups in total. The van der Waals surface area contributed by atoms with Crippen molar-refractivity contribution >= 4 is 39.8 Å². The lowest BCUT2D eigenvalue weighted by molar-refractivity contribution is 0.627. The van der Waals surface area contributed by atoms with Gasteiger partial charge in [0.05, 0.1) is 5.69 Å². The smallest absolute Gasteiger partial charge is 0.132 e. The molecule has 3 nitrogen and oxygen atoms in total. The molecule has 0 amide bonds. The summed E-state index contributed by atoms with van der Waals surface area (Å²) in [6, 6.07) is 7.95. The van der Waals surface area contributed by atoms with Crippen LogP contribution in [0.3, 0.4) is 0 Å². The number of rotatable bonds is 2. The highest BCUT2D eigenvalue weighted by Gasteiger charge is 2.02. The minimum Gasteiger partial charge on any atom is -0.399 e. The van der Waals surface area contributed by atoms with Gasteiger partial charge in [0.25, 0.3) is 0 Å². The fourth-order valence-electron chi connectivity index (χ4n) is 1.24. The molecule has 0 spiro atoms. The van der Waals surface area contributed by atoms with Crippen LogP contribution in [0.5, 0.6) is 0 Å². The minimum absolute atomic E-state index is 0.254. The molecule has 1 aromatic heterocycles. The number of nitrogens with two attached hydrogens (primary N) is 1. The molecule has 0 fully saturated rings. The topological polar surface area (TPSA) is 50.9 Å². The average molecular weight is 329 g/mol. The van der Waals surface area contributed by atoms with Crippen molar-refractivity contribution in [3.05, 3.63) is 45.9 Å². The molecule has 0 aliphatic heterocycles. The van der Waals surface area contributed by atoms with Crippen molar-refractivity contribution in [1.82, 2.24) is 4.98 Å². The van der Waals surface area contributed by atoms with Gasteiger partial charge < -0.3 is 11.1 Å². The van der Waals surface area contributed by atoms with E-state index in [-0.39, 0.29) is 5.82 Å². The number of pyridine rings is 1. The summed E-state index contributed by atoms with van der Waals surface area (Å²) in [6.45, 7) is 0. The fourth-order valence-corrected chi connectivity index (χ4v) is 1.86. The Morgan fingerprint density at radius 1 is 1.25 bits per heavy atom. The van der Waals surface area contributed by atoms with E-state index in [0.29, 0.717) is 11.5 Å². The van der Waals surface area contributed by atoms with Crippen molar-refractivity contribution in [2.75, 3.05) is 11.1 Å². The molecule has 2 aromatic rings. The van der Waals surface area contributed by atoms with Crippen molar-refractivity contribution in [2.45, 2.75) is 0 Å². The Labute approximate surface area is 106 Å². The maximum Gasteiger partial charge on any atom is 0.132 e. The number of anilines is 3. The second-order valence-corrected chi connectivity index (χ2v) is 4.39. The lowest BCUT2D eigenvalue weighted by Gasteiger charge is -2.08. The van der Waals surface area contributed by atoms with Crippen LogP contribution >= 0.6 is 22.6 Å². The Hall–Kier alpha value is -1.37. The van der Waals surface area contributed by atoms with Crippen molar-refractivity contribution in [3.63, 3.8) is 0 Å². The SMILES string of the molecule is Nc1ccnc(Nc2ccc(F)cc2I)c1. The van der Waals surface area contributed by atoms with E-state index in [2.05, 4.69) is 32.9 Å². The molecule has 82 valence electrons. The number of nitrogens with one attached hydrogen (secondary N) is 1. The van der Waals surface area contributed by atoms with Crippen molar-refractivity contribution in [1.29, 1.82) is 0 Å². The molecule has 1 heterocycles. The second-order valence-electron chi connectivity index (χ2n) is 3.22. The van der Waals surface area contributed by atoms with Gasteiger partial charge in [0.15, 0.2) is 0 Å². The highest BCUT2D eigenvalue weighted by atomic mass is 127. The molecule has 0 aliphatic carbocycles. The average Bonchev–Trinajstić information content (AvgIpc) is 2.22. The van der Waals surface area contributed by atoms with E-state index in [4.69, 9.17) is 5.73 Å². The van der Waals surface area contributed by atoms with Crippen LogP contribution in [-0.2, 0) is 0 Å². The summed E-state index contributed by atoms with van der Waals surface area (Å²) in [4.78, 5) is 4.11. The van der Waals surface area contributed by atoms with Gasteiger partial charge in [-0.1, -0.05) is 0 Å². The third-order valence-electron chi connectivity index (χ3n) is 1.98. The number of hydrogen-bond acceptors (Lipinski definition) is 3. The van der Waals surface area contributed by atoms with Crippen LogP contribution < -0.4 is 11.1 Å². The zero-order valence-electron chi connectivity index (χ0n) is 8.24. The summed E-state index contributed by atoms with van der Waals surface area (Å²) in [5.41, 5.74) is 7.07. The van der Waals surface area contributed by atoms with Gasteiger partial charge in [0, 0.05) is 21.5 Å². The van der Waals surface area contributed by atoms with Gasteiger partial charge in [0.1, 0.15) is 11.6 Å². The van der Waals surface area contributed by atoms with Gasteiger partial charge in [-0.05, 0) is 46.9 Å². The van der Waals surface area contributed by atoms with E-state index in [1.807, 2.05) is 0 Å². The Morgan fingerprint density at radius 3 is 2.75 bits per heavy atom. The zero-order chi connectivity index (χ0) is 11.5. The molecule has 0 unspecified atom stereocenters. The van der Waals surface area contributed by atoms with Gasteiger partial charge in [-0.2, -0.15) is 0 Å². The van der Waals surface area contributed by atoms with Crippen molar-refractivity contribution in [3.8, 4) is 0 Å². The van der Waals surface area contributed by atoms with Crippen LogP contribution in [0.2, 0.25) is 0 Å². The lowest BCUT2D eigenvalue weighted by atomic mass is 10.3. The highest BCUT2D eigenvalue weighted by molar-refractivity contribution is 14.1. The minimum atomic E-state index is -0.254. The van der Waals surface area contributed by atoms with E-state index < -0.39 is 0 Å². The Morgan fingerprint density at radius 2 is 2.06 bits per heavy atom. The van der Waals surface area contributed by atoms with Gasteiger partial charge >= 0.3 is 0 Å². The van der Waals surface area contributed by atoms with Crippen LogP contribution in [0.4, 0.5) is 21.6 Å². The fraction of sp³-hybridized carbons (Fsp3) is 0. The lowest BCUT2D eigenvalue weighted by Crippen LogP contribution is -1.97. The maximum atomic E-state index is 12.9. The molecular formula is C11H9FIN3. The van der Waals surface area contributed by atoms with Crippen molar-refractivity contribution in [2.24, 2.45) is 0 Å². The van der Waals surface area contributed by atoms with Crippen molar-refractivity contribution < 1.29 is 4.39 Å². The molecule has 0 saturated heterocycles. The molecular weight excluding hydrogens is 320 g/mol. The monoisotopic (exact) mass is 329 g/mol. The first-order valence-corrected chi connectivity index (χ1v) is 5.66. The molecule has 0 bridgehead atoms. The first kappa shape index (κ1) is 11.1. The molecule has 0 atom stereocenters. The summed E-state index contributed by atoms with van der Waals surface area (Å²) in [5, 5.41) is 3.07. The summed E-state index contributed by atoms with van der Waals surface area (Å²) < 4.78 is 13.7. The molecule has 0 saturated carbocycles. The van der Waals surface area contributed by atoms with Crippen LogP contribution in [0, 0.1) is 9.39 Å². The first-order chi connectivity index (χ1) is 7.65. The highest BCUT2D eigenvalue weighted by Crippen LogP contribution is 2.22. The second kappa shape index (κ2) is 4.65. The molecule has 0 radical (unpaired) electrons. The van der Waals surface area contributed by atoms with Crippen LogP contribution in [-0.4, -0.2) is 4.98 Å². The summed E-state index contributed by atoms with van der Waals surface area (Å²) >= 11 is 2.06. The zero-order valence-corrected chi connectivity index (χ0v) is 10.4. The quantitative estimate of drug-likeness (QED) is 0.832. The Bertz CT molecular complexity index is 516. The first-order valence-electron chi connectivity index (χ1n) is 4.59. The summed E-state index contributed by atoms with van der Waals surface area (Å²) in [5.74, 6) is 0.389. The molecule has 5 heteroatoms. The van der Waals surface area contributed by atoms with Gasteiger partial charge in [-0.25, -0.2) is 9.37 Å². The number of aromatic nitrogens is 1. The predicted octanol–water partition coefficient (Wildman–Crippen LogP) is 3.15. The third kappa shape index (κ3) is 2.60. The normalized spacial score (nSPS) is 10.1. The molecule has 1 aromatic carbocycles. The predicted molar refractivity (Wildman–Crippen MR) is 71.0 cm³/mol. The number of nitrogens with zero attached hydrogens (tertiary/aromatic N) is 1. The molecule has 2 rings (SSSR count). The number of benzene rings is 1. The van der Waals surface area contributed by atoms with Crippen LogP contribution in [0.15, 0.2) is 36.5 Å². The number of halogens is 2. The van der Waals surface area contributed by atoms with Crippen LogP contribution in [0.1, 0.15) is 0 Å². The van der Waals surface area contributed by atoms with E-state index in [9.17, 15) is 4.39 Å².